The van der Waals surface area contributed by atoms with Crippen molar-refractivity contribution in [2.75, 3.05) is 11.5 Å². The third kappa shape index (κ3) is 4.16. The summed E-state index contributed by atoms with van der Waals surface area (Å²) in [4.78, 5) is 25.9. The van der Waals surface area contributed by atoms with Gasteiger partial charge in [-0.2, -0.15) is 0 Å². The first-order valence-electron chi connectivity index (χ1n) is 8.23. The Morgan fingerprint density at radius 1 is 1.29 bits per heavy atom. The maximum absolute atomic E-state index is 12.2. The van der Waals surface area contributed by atoms with Crippen molar-refractivity contribution < 1.29 is 18.0 Å². The Balaban J connectivity index is 1.50. The van der Waals surface area contributed by atoms with E-state index in [9.17, 15) is 18.0 Å². The minimum absolute atomic E-state index is 0.0597. The SMILES string of the molecule is C[C@@H]1CCc2sc(C(=O)NNC(=O)C[C@@H]3CCS(=O)(=O)C3)cc2C1. The first-order chi connectivity index (χ1) is 11.3. The molecule has 0 unspecified atom stereocenters. The molecule has 2 atom stereocenters. The van der Waals surface area contributed by atoms with Crippen LogP contribution in [0.5, 0.6) is 0 Å². The van der Waals surface area contributed by atoms with Gasteiger partial charge in [-0.15, -0.1) is 11.3 Å². The van der Waals surface area contributed by atoms with Crippen LogP contribution in [0.25, 0.3) is 0 Å². The lowest BCUT2D eigenvalue weighted by molar-refractivity contribution is -0.122. The van der Waals surface area contributed by atoms with Gasteiger partial charge in [0.25, 0.3) is 5.91 Å². The Labute approximate surface area is 145 Å². The summed E-state index contributed by atoms with van der Waals surface area (Å²) in [5.41, 5.74) is 6.08. The van der Waals surface area contributed by atoms with E-state index < -0.39 is 9.84 Å². The van der Waals surface area contributed by atoms with Gasteiger partial charge in [0.1, 0.15) is 0 Å². The van der Waals surface area contributed by atoms with Gasteiger partial charge >= 0.3 is 0 Å². The molecule has 0 radical (unpaired) electrons. The molecule has 2 aliphatic rings. The number of sulfone groups is 1. The molecular weight excluding hydrogens is 348 g/mol. The van der Waals surface area contributed by atoms with E-state index in [1.165, 1.54) is 21.8 Å². The predicted molar refractivity (Wildman–Crippen MR) is 92.5 cm³/mol. The molecule has 8 heteroatoms. The van der Waals surface area contributed by atoms with E-state index in [0.29, 0.717) is 17.2 Å². The molecule has 1 saturated heterocycles. The van der Waals surface area contributed by atoms with Crippen molar-refractivity contribution in [3.05, 3.63) is 21.4 Å². The summed E-state index contributed by atoms with van der Waals surface area (Å²) in [6.45, 7) is 2.21. The average Bonchev–Trinajstić information content (AvgIpc) is 3.07. The molecule has 1 aliphatic carbocycles. The highest BCUT2D eigenvalue weighted by molar-refractivity contribution is 7.91. The highest BCUT2D eigenvalue weighted by atomic mass is 32.2. The molecule has 1 aromatic rings. The molecule has 0 bridgehead atoms. The second-order valence-electron chi connectivity index (χ2n) is 6.88. The van der Waals surface area contributed by atoms with E-state index in [4.69, 9.17) is 0 Å². The minimum Gasteiger partial charge on any atom is -0.273 e. The Hall–Kier alpha value is -1.41. The maximum atomic E-state index is 12.2. The van der Waals surface area contributed by atoms with E-state index in [1.807, 2.05) is 6.07 Å². The lowest BCUT2D eigenvalue weighted by Crippen LogP contribution is -2.42. The molecule has 3 rings (SSSR count). The summed E-state index contributed by atoms with van der Waals surface area (Å²) in [5, 5.41) is 0. The summed E-state index contributed by atoms with van der Waals surface area (Å²) >= 11 is 1.49. The number of fused-ring (bicyclic) bond motifs is 1. The standard InChI is InChI=1S/C16H22N2O4S2/c1-10-2-3-13-12(6-10)8-14(23-13)16(20)18-17-15(19)7-11-4-5-24(21,22)9-11/h8,10-11H,2-7,9H2,1H3,(H,17,19)(H,18,20)/t10-,11+/m1/s1. The second-order valence-corrected chi connectivity index (χ2v) is 10.2. The van der Waals surface area contributed by atoms with E-state index in [1.54, 1.807) is 0 Å². The summed E-state index contributed by atoms with van der Waals surface area (Å²) in [6.07, 6.45) is 3.80. The molecule has 132 valence electrons. The zero-order chi connectivity index (χ0) is 17.3. The van der Waals surface area contributed by atoms with E-state index in [2.05, 4.69) is 17.8 Å². The van der Waals surface area contributed by atoms with Gasteiger partial charge in [-0.25, -0.2) is 8.42 Å². The van der Waals surface area contributed by atoms with Crippen LogP contribution in [0.2, 0.25) is 0 Å². The number of hydrazine groups is 1. The lowest BCUT2D eigenvalue weighted by atomic mass is 9.90. The van der Waals surface area contributed by atoms with Crippen LogP contribution < -0.4 is 10.9 Å². The van der Waals surface area contributed by atoms with Crippen molar-refractivity contribution in [1.82, 2.24) is 10.9 Å². The summed E-state index contributed by atoms with van der Waals surface area (Å²) in [6, 6.07) is 1.92. The highest BCUT2D eigenvalue weighted by Gasteiger charge is 2.29. The number of hydrogen-bond acceptors (Lipinski definition) is 5. The van der Waals surface area contributed by atoms with Gasteiger partial charge in [-0.1, -0.05) is 6.92 Å². The molecule has 1 fully saturated rings. The number of hydrogen-bond donors (Lipinski definition) is 2. The van der Waals surface area contributed by atoms with Crippen LogP contribution in [-0.4, -0.2) is 31.7 Å². The molecule has 0 aromatic carbocycles. The van der Waals surface area contributed by atoms with Crippen molar-refractivity contribution in [2.45, 2.75) is 39.0 Å². The number of amides is 2. The number of carbonyl (C=O) groups excluding carboxylic acids is 2. The zero-order valence-electron chi connectivity index (χ0n) is 13.6. The van der Waals surface area contributed by atoms with Crippen LogP contribution in [0.3, 0.4) is 0 Å². The molecule has 1 aromatic heterocycles. The first kappa shape index (κ1) is 17.4. The number of rotatable bonds is 3. The van der Waals surface area contributed by atoms with Gasteiger partial charge in [-0.05, 0) is 49.1 Å². The summed E-state index contributed by atoms with van der Waals surface area (Å²) < 4.78 is 22.8. The molecule has 1 aliphatic heterocycles. The number of thiophene rings is 1. The smallest absolute Gasteiger partial charge is 0.273 e. The zero-order valence-corrected chi connectivity index (χ0v) is 15.3. The molecule has 0 saturated carbocycles. The van der Waals surface area contributed by atoms with Crippen LogP contribution in [0.4, 0.5) is 0 Å². The van der Waals surface area contributed by atoms with Crippen LogP contribution >= 0.6 is 11.3 Å². The molecular formula is C16H22N2O4S2. The maximum Gasteiger partial charge on any atom is 0.279 e. The van der Waals surface area contributed by atoms with Crippen LogP contribution in [-0.2, 0) is 27.5 Å². The quantitative estimate of drug-likeness (QED) is 0.788. The van der Waals surface area contributed by atoms with Crippen molar-refractivity contribution >= 4 is 33.0 Å². The normalized spacial score (nSPS) is 25.0. The molecule has 0 spiro atoms. The third-order valence-corrected chi connectivity index (χ3v) is 7.74. The third-order valence-electron chi connectivity index (χ3n) is 4.67. The Morgan fingerprint density at radius 3 is 2.79 bits per heavy atom. The number of carbonyl (C=O) groups is 2. The number of aryl methyl sites for hydroxylation is 1. The van der Waals surface area contributed by atoms with E-state index in [-0.39, 0.29) is 35.7 Å². The van der Waals surface area contributed by atoms with Gasteiger partial charge in [-0.3, -0.25) is 20.4 Å². The van der Waals surface area contributed by atoms with Gasteiger partial charge in [0.2, 0.25) is 5.91 Å². The van der Waals surface area contributed by atoms with Crippen molar-refractivity contribution in [2.24, 2.45) is 11.8 Å². The number of nitrogens with one attached hydrogen (secondary N) is 2. The topological polar surface area (TPSA) is 92.3 Å². The molecule has 6 nitrogen and oxygen atoms in total. The largest absolute Gasteiger partial charge is 0.279 e. The Kier molecular flexibility index (Phi) is 4.96. The molecule has 2 N–H and O–H groups in total. The minimum atomic E-state index is -2.99. The van der Waals surface area contributed by atoms with Crippen molar-refractivity contribution in [1.29, 1.82) is 0 Å². The van der Waals surface area contributed by atoms with Gasteiger partial charge in [0.15, 0.2) is 9.84 Å². The van der Waals surface area contributed by atoms with Crippen molar-refractivity contribution in [3.8, 4) is 0 Å². The van der Waals surface area contributed by atoms with E-state index in [0.717, 1.165) is 19.3 Å². The average molecular weight is 370 g/mol. The summed E-state index contributed by atoms with van der Waals surface area (Å²) in [7, 11) is -2.99. The summed E-state index contributed by atoms with van der Waals surface area (Å²) in [5.74, 6) is 0.0448. The highest BCUT2D eigenvalue weighted by Crippen LogP contribution is 2.32. The van der Waals surface area contributed by atoms with Gasteiger partial charge in [0, 0.05) is 11.3 Å². The monoisotopic (exact) mass is 370 g/mol. The van der Waals surface area contributed by atoms with Gasteiger partial charge < -0.3 is 0 Å². The van der Waals surface area contributed by atoms with Crippen LogP contribution in [0.15, 0.2) is 6.07 Å². The van der Waals surface area contributed by atoms with E-state index >= 15 is 0 Å². The Morgan fingerprint density at radius 2 is 2.08 bits per heavy atom. The lowest BCUT2D eigenvalue weighted by Gasteiger charge is -2.16. The fraction of sp³-hybridized carbons (Fsp3) is 0.625. The van der Waals surface area contributed by atoms with Crippen LogP contribution in [0, 0.1) is 11.8 Å². The van der Waals surface area contributed by atoms with Crippen LogP contribution in [0.1, 0.15) is 46.3 Å². The molecule has 2 amide bonds. The van der Waals surface area contributed by atoms with Crippen molar-refractivity contribution in [3.63, 3.8) is 0 Å². The molecule has 24 heavy (non-hydrogen) atoms. The molecule has 2 heterocycles. The fourth-order valence-electron chi connectivity index (χ4n) is 3.35. The Bertz CT molecular complexity index is 754. The fourth-order valence-corrected chi connectivity index (χ4v) is 6.32. The van der Waals surface area contributed by atoms with Gasteiger partial charge in [0.05, 0.1) is 16.4 Å². The predicted octanol–water partition coefficient (Wildman–Crippen LogP) is 1.46. The first-order valence-corrected chi connectivity index (χ1v) is 10.9. The second kappa shape index (κ2) is 6.84.